The summed E-state index contributed by atoms with van der Waals surface area (Å²) < 4.78 is 2.65. The van der Waals surface area contributed by atoms with Gasteiger partial charge in [-0.1, -0.05) is 0 Å². The van der Waals surface area contributed by atoms with Crippen LogP contribution in [0.2, 0.25) is 0 Å². The molecule has 2 heteroatoms. The summed E-state index contributed by atoms with van der Waals surface area (Å²) in [4.78, 5) is 0. The van der Waals surface area contributed by atoms with Gasteiger partial charge in [0.25, 0.3) is 0 Å². The van der Waals surface area contributed by atoms with Gasteiger partial charge in [-0.05, 0) is 0 Å². The fourth-order valence-corrected chi connectivity index (χ4v) is 3.32. The Morgan fingerprint density at radius 2 is 2.00 bits per heavy atom. The van der Waals surface area contributed by atoms with Crippen LogP contribution in [0.15, 0.2) is 30.3 Å². The van der Waals surface area contributed by atoms with Crippen LogP contribution in [0.25, 0.3) is 0 Å². The van der Waals surface area contributed by atoms with Crippen molar-refractivity contribution in [3.8, 4) is 0 Å². The molecule has 0 aromatic heterocycles. The molecule has 0 fully saturated rings. The summed E-state index contributed by atoms with van der Waals surface area (Å²) in [6.07, 6.45) is 3.61. The number of thiocarbonyl (C=S) groups is 1. The van der Waals surface area contributed by atoms with Crippen LogP contribution in [0.3, 0.4) is 0 Å². The first-order chi connectivity index (χ1) is 6.33. The summed E-state index contributed by atoms with van der Waals surface area (Å²) in [5.74, 6) is 0. The van der Waals surface area contributed by atoms with Crippen molar-refractivity contribution >= 4 is 35.4 Å². The van der Waals surface area contributed by atoms with Crippen molar-refractivity contribution in [1.82, 2.24) is 0 Å². The molecule has 13 heavy (non-hydrogen) atoms. The molecule has 0 radical (unpaired) electrons. The summed E-state index contributed by atoms with van der Waals surface area (Å²) >= 11 is 5.74. The minimum absolute atomic E-state index is 0.408. The van der Waals surface area contributed by atoms with Gasteiger partial charge in [-0.25, -0.2) is 0 Å². The number of rotatable bonds is 5. The van der Waals surface area contributed by atoms with Gasteiger partial charge < -0.3 is 0 Å². The van der Waals surface area contributed by atoms with Gasteiger partial charge in [0.05, 0.1) is 0 Å². The molecular formula is C11H14SSe. The summed E-state index contributed by atoms with van der Waals surface area (Å²) in [5, 5.41) is 0. The van der Waals surface area contributed by atoms with Crippen LogP contribution < -0.4 is 4.46 Å². The third-order valence-corrected chi connectivity index (χ3v) is 4.32. The van der Waals surface area contributed by atoms with E-state index in [1.54, 1.807) is 0 Å². The Morgan fingerprint density at radius 3 is 2.62 bits per heavy atom. The molecule has 1 rings (SSSR count). The Kier molecular flexibility index (Phi) is 5.29. The molecule has 0 N–H and O–H groups in total. The van der Waals surface area contributed by atoms with Crippen molar-refractivity contribution in [2.24, 2.45) is 0 Å². The predicted molar refractivity (Wildman–Crippen MR) is 64.0 cm³/mol. The molecule has 1 aromatic carbocycles. The molecule has 0 spiro atoms. The summed E-state index contributed by atoms with van der Waals surface area (Å²) in [5.41, 5.74) is 0. The van der Waals surface area contributed by atoms with Crippen LogP contribution >= 0.6 is 12.2 Å². The second kappa shape index (κ2) is 6.31. The van der Waals surface area contributed by atoms with Crippen LogP contribution in [-0.2, 0) is 0 Å². The molecule has 0 aliphatic heterocycles. The molecule has 0 aliphatic rings. The second-order valence-corrected chi connectivity index (χ2v) is 6.42. The zero-order chi connectivity index (χ0) is 9.52. The Morgan fingerprint density at radius 1 is 1.31 bits per heavy atom. The van der Waals surface area contributed by atoms with Crippen molar-refractivity contribution in [3.05, 3.63) is 30.3 Å². The van der Waals surface area contributed by atoms with E-state index in [0.717, 1.165) is 6.42 Å². The Hall–Kier alpha value is -0.171. The Bertz CT molecular complexity index is 256. The normalized spacial score (nSPS) is 9.92. The molecule has 0 unspecified atom stereocenters. The molecule has 1 aromatic rings. The van der Waals surface area contributed by atoms with Crippen molar-refractivity contribution in [2.75, 3.05) is 0 Å². The van der Waals surface area contributed by atoms with Gasteiger partial charge >= 0.3 is 91.9 Å². The summed E-state index contributed by atoms with van der Waals surface area (Å²) in [6.45, 7) is 2.21. The Balaban J connectivity index is 2.37. The topological polar surface area (TPSA) is 0 Å². The molecular weight excluding hydrogens is 243 g/mol. The van der Waals surface area contributed by atoms with E-state index in [1.807, 2.05) is 0 Å². The number of hydrogen-bond donors (Lipinski definition) is 0. The number of unbranched alkanes of at least 4 members (excludes halogenated alkanes) is 1. The molecule has 0 saturated carbocycles. The molecule has 0 atom stereocenters. The van der Waals surface area contributed by atoms with Crippen molar-refractivity contribution in [1.29, 1.82) is 0 Å². The number of hydrogen-bond acceptors (Lipinski definition) is 1. The average molecular weight is 257 g/mol. The summed E-state index contributed by atoms with van der Waals surface area (Å²) in [7, 11) is 0. The van der Waals surface area contributed by atoms with E-state index in [1.165, 1.54) is 21.1 Å². The van der Waals surface area contributed by atoms with E-state index < -0.39 is 0 Å². The van der Waals surface area contributed by atoms with Gasteiger partial charge in [0.1, 0.15) is 0 Å². The van der Waals surface area contributed by atoms with Gasteiger partial charge in [0.2, 0.25) is 0 Å². The molecule has 0 nitrogen and oxygen atoms in total. The second-order valence-electron chi connectivity index (χ2n) is 2.89. The third kappa shape index (κ3) is 4.56. The quantitative estimate of drug-likeness (QED) is 0.577. The minimum atomic E-state index is 0.408. The van der Waals surface area contributed by atoms with Gasteiger partial charge in [0.15, 0.2) is 0 Å². The fraction of sp³-hybridized carbons (Fsp3) is 0.364. The molecule has 0 amide bonds. The first-order valence-corrected chi connectivity index (χ1v) is 6.71. The van der Waals surface area contributed by atoms with Gasteiger partial charge in [-0.3, -0.25) is 0 Å². The predicted octanol–water partition coefficient (Wildman–Crippen LogP) is 2.53. The van der Waals surface area contributed by atoms with Gasteiger partial charge in [-0.15, -0.1) is 0 Å². The van der Waals surface area contributed by atoms with Gasteiger partial charge in [-0.2, -0.15) is 0 Å². The molecule has 0 heterocycles. The zero-order valence-corrected chi connectivity index (χ0v) is 10.4. The Labute approximate surface area is 91.9 Å². The van der Waals surface area contributed by atoms with E-state index in [9.17, 15) is 0 Å². The van der Waals surface area contributed by atoms with Crippen LogP contribution in [0.5, 0.6) is 0 Å². The average Bonchev–Trinajstić information content (AvgIpc) is 2.16. The van der Waals surface area contributed by atoms with Crippen LogP contribution in [-0.4, -0.2) is 18.7 Å². The maximum atomic E-state index is 5.33. The summed E-state index contributed by atoms with van der Waals surface area (Å²) in [6, 6.07) is 10.5. The van der Waals surface area contributed by atoms with Crippen molar-refractivity contribution < 1.29 is 0 Å². The van der Waals surface area contributed by atoms with E-state index in [0.29, 0.717) is 15.0 Å². The van der Waals surface area contributed by atoms with Crippen LogP contribution in [0.4, 0.5) is 0 Å². The zero-order valence-electron chi connectivity index (χ0n) is 7.82. The standard InChI is InChI=1S/C11H14SSe/c1-2-3-9-11(12)13-10-7-5-4-6-8-10/h4-8H,2-3,9H2,1H3. The first kappa shape index (κ1) is 10.9. The van der Waals surface area contributed by atoms with E-state index >= 15 is 0 Å². The van der Waals surface area contributed by atoms with Crippen molar-refractivity contribution in [2.45, 2.75) is 26.2 Å². The number of benzene rings is 1. The molecule has 0 bridgehead atoms. The van der Waals surface area contributed by atoms with E-state index in [4.69, 9.17) is 12.2 Å². The molecule has 0 aliphatic carbocycles. The SMILES string of the molecule is CCCCC(=S)[Se]c1ccccc1. The molecule has 70 valence electrons. The van der Waals surface area contributed by atoms with Crippen molar-refractivity contribution in [3.63, 3.8) is 0 Å². The van der Waals surface area contributed by atoms with E-state index in [-0.39, 0.29) is 0 Å². The first-order valence-electron chi connectivity index (χ1n) is 4.58. The van der Waals surface area contributed by atoms with Crippen LogP contribution in [0.1, 0.15) is 26.2 Å². The third-order valence-electron chi connectivity index (χ3n) is 1.71. The van der Waals surface area contributed by atoms with Crippen LogP contribution in [0, 0.1) is 0 Å². The molecule has 0 saturated heterocycles. The van der Waals surface area contributed by atoms with Gasteiger partial charge in [0, 0.05) is 0 Å². The van der Waals surface area contributed by atoms with E-state index in [2.05, 4.69) is 37.3 Å². The maximum absolute atomic E-state index is 5.33. The fourth-order valence-electron chi connectivity index (χ4n) is 0.992. The monoisotopic (exact) mass is 258 g/mol.